The number of hydrogen-bond donors (Lipinski definition) is 1. The van der Waals surface area contributed by atoms with Gasteiger partial charge in [0, 0.05) is 25.2 Å². The third-order valence-electron chi connectivity index (χ3n) is 3.33. The van der Waals surface area contributed by atoms with Crippen LogP contribution < -0.4 is 5.32 Å². The van der Waals surface area contributed by atoms with Gasteiger partial charge in [-0.3, -0.25) is 4.79 Å². The van der Waals surface area contributed by atoms with E-state index >= 15 is 0 Å². The molecule has 1 saturated heterocycles. The molecule has 1 fully saturated rings. The molecule has 1 amide bonds. The van der Waals surface area contributed by atoms with Crippen molar-refractivity contribution in [3.8, 4) is 0 Å². The molecular formula is C15H20N2O3. The molecule has 1 aliphatic rings. The third-order valence-corrected chi connectivity index (χ3v) is 3.33. The lowest BCUT2D eigenvalue weighted by Gasteiger charge is -2.34. The van der Waals surface area contributed by atoms with E-state index in [1.165, 1.54) is 0 Å². The predicted molar refractivity (Wildman–Crippen MR) is 75.5 cm³/mol. The Kier molecular flexibility index (Phi) is 4.74. The zero-order chi connectivity index (χ0) is 14.5. The van der Waals surface area contributed by atoms with Crippen LogP contribution in [0.1, 0.15) is 22.8 Å². The standard InChI is InChI=1S/C15H20N2O3/c1-3-20-15(19)13-10-16-7-8-17(13)14(18)12-6-4-5-11(2)9-12/h4-6,9,13,16H,3,7-8,10H2,1-2H3. The lowest BCUT2D eigenvalue weighted by atomic mass is 10.1. The highest BCUT2D eigenvalue weighted by Gasteiger charge is 2.33. The molecule has 0 aliphatic carbocycles. The first kappa shape index (κ1) is 14.5. The minimum atomic E-state index is -0.545. The monoisotopic (exact) mass is 276 g/mol. The molecule has 0 radical (unpaired) electrons. The Morgan fingerprint density at radius 2 is 2.25 bits per heavy atom. The largest absolute Gasteiger partial charge is 0.464 e. The first-order valence-electron chi connectivity index (χ1n) is 6.88. The summed E-state index contributed by atoms with van der Waals surface area (Å²) in [5, 5.41) is 3.13. The molecule has 20 heavy (non-hydrogen) atoms. The number of ether oxygens (including phenoxy) is 1. The lowest BCUT2D eigenvalue weighted by Crippen LogP contribution is -2.57. The zero-order valence-electron chi connectivity index (χ0n) is 11.9. The van der Waals surface area contributed by atoms with Gasteiger partial charge in [0.05, 0.1) is 6.61 Å². The summed E-state index contributed by atoms with van der Waals surface area (Å²) in [6.45, 7) is 5.67. The normalized spacial score (nSPS) is 18.7. The van der Waals surface area contributed by atoms with E-state index in [2.05, 4.69) is 5.32 Å². The van der Waals surface area contributed by atoms with E-state index in [0.717, 1.165) is 5.56 Å². The number of piperazine rings is 1. The van der Waals surface area contributed by atoms with Gasteiger partial charge in [-0.2, -0.15) is 0 Å². The van der Waals surface area contributed by atoms with E-state index in [-0.39, 0.29) is 11.9 Å². The zero-order valence-corrected chi connectivity index (χ0v) is 11.9. The Morgan fingerprint density at radius 3 is 2.95 bits per heavy atom. The van der Waals surface area contributed by atoms with Crippen molar-refractivity contribution in [3.05, 3.63) is 35.4 Å². The maximum atomic E-state index is 12.6. The number of nitrogens with zero attached hydrogens (tertiary/aromatic N) is 1. The highest BCUT2D eigenvalue weighted by Crippen LogP contribution is 2.13. The van der Waals surface area contributed by atoms with Gasteiger partial charge in [-0.1, -0.05) is 17.7 Å². The van der Waals surface area contributed by atoms with Crippen molar-refractivity contribution in [1.29, 1.82) is 0 Å². The summed E-state index contributed by atoms with van der Waals surface area (Å²) in [4.78, 5) is 26.1. The molecule has 1 aromatic rings. The molecule has 2 rings (SSSR count). The van der Waals surface area contributed by atoms with Gasteiger partial charge in [-0.25, -0.2) is 4.79 Å². The highest BCUT2D eigenvalue weighted by atomic mass is 16.5. The Labute approximate surface area is 118 Å². The molecule has 5 nitrogen and oxygen atoms in total. The number of carbonyl (C=O) groups excluding carboxylic acids is 2. The average molecular weight is 276 g/mol. The van der Waals surface area contributed by atoms with Crippen LogP contribution in [0.25, 0.3) is 0 Å². The van der Waals surface area contributed by atoms with Crippen LogP contribution in [0.2, 0.25) is 0 Å². The minimum absolute atomic E-state index is 0.117. The number of esters is 1. The number of nitrogens with one attached hydrogen (secondary N) is 1. The summed E-state index contributed by atoms with van der Waals surface area (Å²) in [5.74, 6) is -0.464. The molecule has 1 atom stereocenters. The van der Waals surface area contributed by atoms with Gasteiger partial charge in [0.1, 0.15) is 6.04 Å². The number of aryl methyl sites for hydroxylation is 1. The second kappa shape index (κ2) is 6.52. The molecule has 108 valence electrons. The number of hydrogen-bond acceptors (Lipinski definition) is 4. The van der Waals surface area contributed by atoms with E-state index in [1.807, 2.05) is 25.1 Å². The second-order valence-corrected chi connectivity index (χ2v) is 4.84. The van der Waals surface area contributed by atoms with Crippen LogP contribution in [0.5, 0.6) is 0 Å². The smallest absolute Gasteiger partial charge is 0.330 e. The maximum Gasteiger partial charge on any atom is 0.330 e. The van der Waals surface area contributed by atoms with Crippen LogP contribution in [-0.4, -0.2) is 49.1 Å². The SMILES string of the molecule is CCOC(=O)C1CNCCN1C(=O)c1cccc(C)c1. The summed E-state index contributed by atoms with van der Waals surface area (Å²) >= 11 is 0. The van der Waals surface area contributed by atoms with Gasteiger partial charge in [-0.15, -0.1) is 0 Å². The van der Waals surface area contributed by atoms with Crippen LogP contribution in [0, 0.1) is 6.92 Å². The van der Waals surface area contributed by atoms with E-state index in [9.17, 15) is 9.59 Å². The summed E-state index contributed by atoms with van der Waals surface area (Å²) in [7, 11) is 0. The summed E-state index contributed by atoms with van der Waals surface area (Å²) < 4.78 is 5.05. The van der Waals surface area contributed by atoms with Crippen molar-refractivity contribution < 1.29 is 14.3 Å². The predicted octanol–water partition coefficient (Wildman–Crippen LogP) is 0.972. The average Bonchev–Trinajstić information content (AvgIpc) is 2.47. The molecule has 1 aromatic carbocycles. The fourth-order valence-electron chi connectivity index (χ4n) is 2.34. The number of rotatable bonds is 3. The molecule has 1 N–H and O–H groups in total. The summed E-state index contributed by atoms with van der Waals surface area (Å²) in [5.41, 5.74) is 1.64. The van der Waals surface area contributed by atoms with Gasteiger partial charge in [0.25, 0.3) is 5.91 Å². The lowest BCUT2D eigenvalue weighted by molar-refractivity contribution is -0.149. The Bertz CT molecular complexity index is 502. The number of amides is 1. The third kappa shape index (κ3) is 3.17. The molecule has 0 aromatic heterocycles. The molecule has 0 bridgehead atoms. The molecule has 1 unspecified atom stereocenters. The molecule has 1 heterocycles. The van der Waals surface area contributed by atoms with Crippen molar-refractivity contribution in [2.24, 2.45) is 0 Å². The fraction of sp³-hybridized carbons (Fsp3) is 0.467. The van der Waals surface area contributed by atoms with Gasteiger partial charge in [-0.05, 0) is 26.0 Å². The van der Waals surface area contributed by atoms with E-state index in [4.69, 9.17) is 4.74 Å². The van der Waals surface area contributed by atoms with Crippen molar-refractivity contribution in [2.75, 3.05) is 26.2 Å². The second-order valence-electron chi connectivity index (χ2n) is 4.84. The Morgan fingerprint density at radius 1 is 1.45 bits per heavy atom. The van der Waals surface area contributed by atoms with Crippen LogP contribution in [-0.2, 0) is 9.53 Å². The summed E-state index contributed by atoms with van der Waals surface area (Å²) in [6.07, 6.45) is 0. The number of benzene rings is 1. The van der Waals surface area contributed by atoms with E-state index < -0.39 is 6.04 Å². The number of carbonyl (C=O) groups is 2. The van der Waals surface area contributed by atoms with Crippen LogP contribution in [0.15, 0.2) is 24.3 Å². The topological polar surface area (TPSA) is 58.6 Å². The van der Waals surface area contributed by atoms with Crippen molar-refractivity contribution >= 4 is 11.9 Å². The Balaban J connectivity index is 2.19. The fourth-order valence-corrected chi connectivity index (χ4v) is 2.34. The molecular weight excluding hydrogens is 256 g/mol. The van der Waals surface area contributed by atoms with Crippen LogP contribution in [0.4, 0.5) is 0 Å². The van der Waals surface area contributed by atoms with E-state index in [0.29, 0.717) is 31.8 Å². The molecule has 0 saturated carbocycles. The maximum absolute atomic E-state index is 12.6. The summed E-state index contributed by atoms with van der Waals surface area (Å²) in [6, 6.07) is 6.87. The van der Waals surface area contributed by atoms with Crippen molar-refractivity contribution in [3.63, 3.8) is 0 Å². The van der Waals surface area contributed by atoms with Crippen molar-refractivity contribution in [1.82, 2.24) is 10.2 Å². The van der Waals surface area contributed by atoms with Gasteiger partial charge in [0.15, 0.2) is 0 Å². The Hall–Kier alpha value is -1.88. The molecule has 5 heteroatoms. The minimum Gasteiger partial charge on any atom is -0.464 e. The first-order valence-corrected chi connectivity index (χ1v) is 6.88. The quantitative estimate of drug-likeness (QED) is 0.836. The van der Waals surface area contributed by atoms with E-state index in [1.54, 1.807) is 17.9 Å². The van der Waals surface area contributed by atoms with Crippen LogP contribution >= 0.6 is 0 Å². The molecule has 1 aliphatic heterocycles. The van der Waals surface area contributed by atoms with Gasteiger partial charge < -0.3 is 15.0 Å². The molecule has 0 spiro atoms. The first-order chi connectivity index (χ1) is 9.63. The van der Waals surface area contributed by atoms with Crippen molar-refractivity contribution in [2.45, 2.75) is 19.9 Å². The van der Waals surface area contributed by atoms with Gasteiger partial charge >= 0.3 is 5.97 Å². The highest BCUT2D eigenvalue weighted by molar-refractivity contribution is 5.97. The van der Waals surface area contributed by atoms with Crippen LogP contribution in [0.3, 0.4) is 0 Å². The van der Waals surface area contributed by atoms with Gasteiger partial charge in [0.2, 0.25) is 0 Å².